The summed E-state index contributed by atoms with van der Waals surface area (Å²) in [6.45, 7) is 0. The summed E-state index contributed by atoms with van der Waals surface area (Å²) in [6, 6.07) is 5.53. The smallest absolute Gasteiger partial charge is 0.406 e. The lowest BCUT2D eigenvalue weighted by molar-refractivity contribution is -0.274. The minimum atomic E-state index is -4.68. The first-order chi connectivity index (χ1) is 7.95. The molecule has 0 atom stereocenters. The molecule has 1 aliphatic carbocycles. The summed E-state index contributed by atoms with van der Waals surface area (Å²) in [5, 5.41) is 0. The van der Waals surface area contributed by atoms with Gasteiger partial charge in [-0.25, -0.2) is 0 Å². The molecule has 0 bridgehead atoms. The van der Waals surface area contributed by atoms with E-state index in [4.69, 9.17) is 0 Å². The van der Waals surface area contributed by atoms with Crippen LogP contribution in [0.4, 0.5) is 13.2 Å². The first kappa shape index (κ1) is 12.0. The fraction of sp³-hybridized carbons (Fsp3) is 0.417. The lowest BCUT2D eigenvalue weighted by Gasteiger charge is -2.37. The molecule has 1 aliphatic rings. The van der Waals surface area contributed by atoms with Gasteiger partial charge in [-0.15, -0.1) is 13.2 Å². The first-order valence-electron chi connectivity index (χ1n) is 5.28. The number of benzene rings is 1. The van der Waals surface area contributed by atoms with E-state index in [0.29, 0.717) is 0 Å². The molecular weight excluding hydrogens is 233 g/mol. The summed E-state index contributed by atoms with van der Waals surface area (Å²) in [5.41, 5.74) is 0.268. The third-order valence-electron chi connectivity index (χ3n) is 3.13. The van der Waals surface area contributed by atoms with Crippen LogP contribution >= 0.6 is 0 Å². The molecule has 0 aromatic heterocycles. The molecule has 1 saturated carbocycles. The van der Waals surface area contributed by atoms with E-state index in [0.717, 1.165) is 31.1 Å². The molecule has 0 spiro atoms. The lowest BCUT2D eigenvalue weighted by atomic mass is 9.65. The van der Waals surface area contributed by atoms with Crippen molar-refractivity contribution in [2.45, 2.75) is 31.0 Å². The quantitative estimate of drug-likeness (QED) is 0.763. The normalized spacial score (nSPS) is 18.3. The molecule has 5 heteroatoms. The summed E-state index contributed by atoms with van der Waals surface area (Å²) in [7, 11) is 0. The molecule has 0 heterocycles. The Morgan fingerprint density at radius 1 is 1.18 bits per heavy atom. The molecule has 1 fully saturated rings. The van der Waals surface area contributed by atoms with Crippen molar-refractivity contribution in [2.75, 3.05) is 0 Å². The fourth-order valence-electron chi connectivity index (χ4n) is 2.02. The van der Waals surface area contributed by atoms with Gasteiger partial charge >= 0.3 is 6.36 Å². The zero-order valence-corrected chi connectivity index (χ0v) is 8.96. The van der Waals surface area contributed by atoms with Gasteiger partial charge in [-0.2, -0.15) is 0 Å². The maximum atomic E-state index is 11.9. The Kier molecular flexibility index (Phi) is 2.85. The highest BCUT2D eigenvalue weighted by molar-refractivity contribution is 5.70. The maximum absolute atomic E-state index is 11.9. The van der Waals surface area contributed by atoms with Crippen LogP contribution < -0.4 is 4.74 Å². The van der Waals surface area contributed by atoms with Crippen LogP contribution in [0.3, 0.4) is 0 Å². The van der Waals surface area contributed by atoms with Crippen LogP contribution in [0, 0.1) is 0 Å². The maximum Gasteiger partial charge on any atom is 0.573 e. The Morgan fingerprint density at radius 3 is 2.12 bits per heavy atom. The van der Waals surface area contributed by atoms with Crippen LogP contribution in [0.1, 0.15) is 24.8 Å². The van der Waals surface area contributed by atoms with E-state index >= 15 is 0 Å². The van der Waals surface area contributed by atoms with Crippen LogP contribution in [-0.4, -0.2) is 12.6 Å². The van der Waals surface area contributed by atoms with Crippen molar-refractivity contribution < 1.29 is 22.7 Å². The standard InChI is InChI=1S/C12H11F3O2/c13-12(14,15)17-10-4-2-9(3-5-10)11(8-16)6-1-7-11/h2-5,8H,1,6-7H2. The highest BCUT2D eigenvalue weighted by Crippen LogP contribution is 2.42. The van der Waals surface area contributed by atoms with Gasteiger partial charge in [-0.3, -0.25) is 0 Å². The van der Waals surface area contributed by atoms with Gasteiger partial charge < -0.3 is 9.53 Å². The zero-order valence-electron chi connectivity index (χ0n) is 8.96. The number of halogens is 3. The number of hydrogen-bond donors (Lipinski definition) is 0. The fourth-order valence-corrected chi connectivity index (χ4v) is 2.02. The van der Waals surface area contributed by atoms with Crippen molar-refractivity contribution in [3.8, 4) is 5.75 Å². The molecule has 0 amide bonds. The number of hydrogen-bond acceptors (Lipinski definition) is 2. The van der Waals surface area contributed by atoms with Crippen molar-refractivity contribution >= 4 is 6.29 Å². The summed E-state index contributed by atoms with van der Waals surface area (Å²) in [4.78, 5) is 11.0. The van der Waals surface area contributed by atoms with Gasteiger partial charge in [0, 0.05) is 0 Å². The van der Waals surface area contributed by atoms with Crippen molar-refractivity contribution in [3.63, 3.8) is 0 Å². The number of carbonyl (C=O) groups excluding carboxylic acids is 1. The zero-order chi connectivity index (χ0) is 12.5. The summed E-state index contributed by atoms with van der Waals surface area (Å²) in [5.74, 6) is -0.262. The molecule has 2 rings (SSSR count). The van der Waals surface area contributed by atoms with Crippen molar-refractivity contribution in [1.82, 2.24) is 0 Å². The van der Waals surface area contributed by atoms with Crippen LogP contribution in [0.25, 0.3) is 0 Å². The van der Waals surface area contributed by atoms with E-state index in [1.807, 2.05) is 0 Å². The Balaban J connectivity index is 2.16. The van der Waals surface area contributed by atoms with E-state index in [-0.39, 0.29) is 5.75 Å². The van der Waals surface area contributed by atoms with Gasteiger partial charge in [-0.05, 0) is 30.5 Å². The van der Waals surface area contributed by atoms with Gasteiger partial charge in [0.25, 0.3) is 0 Å². The van der Waals surface area contributed by atoms with Gasteiger partial charge in [0.2, 0.25) is 0 Å². The number of ether oxygens (including phenoxy) is 1. The molecule has 1 aromatic rings. The SMILES string of the molecule is O=CC1(c2ccc(OC(F)(F)F)cc2)CCC1. The molecule has 0 saturated heterocycles. The Morgan fingerprint density at radius 2 is 1.76 bits per heavy atom. The van der Waals surface area contributed by atoms with Gasteiger partial charge in [0.15, 0.2) is 0 Å². The summed E-state index contributed by atoms with van der Waals surface area (Å²) >= 11 is 0. The molecular formula is C12H11F3O2. The predicted molar refractivity (Wildman–Crippen MR) is 54.7 cm³/mol. The van der Waals surface area contributed by atoms with Crippen LogP contribution in [0.5, 0.6) is 5.75 Å². The first-order valence-corrected chi connectivity index (χ1v) is 5.28. The van der Waals surface area contributed by atoms with Crippen molar-refractivity contribution in [1.29, 1.82) is 0 Å². The number of aldehydes is 1. The molecule has 0 N–H and O–H groups in total. The average molecular weight is 244 g/mol. The summed E-state index contributed by atoms with van der Waals surface area (Å²) < 4.78 is 39.6. The van der Waals surface area contributed by atoms with Crippen LogP contribution in [0.2, 0.25) is 0 Å². The molecule has 0 radical (unpaired) electrons. The van der Waals surface area contributed by atoms with Crippen LogP contribution in [-0.2, 0) is 10.2 Å². The average Bonchev–Trinajstić information content (AvgIpc) is 2.17. The second kappa shape index (κ2) is 4.05. The molecule has 0 aliphatic heterocycles. The molecule has 92 valence electrons. The van der Waals surface area contributed by atoms with Gasteiger partial charge in [-0.1, -0.05) is 18.6 Å². The molecule has 17 heavy (non-hydrogen) atoms. The minimum Gasteiger partial charge on any atom is -0.406 e. The highest BCUT2D eigenvalue weighted by atomic mass is 19.4. The molecule has 0 unspecified atom stereocenters. The Hall–Kier alpha value is -1.52. The second-order valence-electron chi connectivity index (χ2n) is 4.20. The van der Waals surface area contributed by atoms with Gasteiger partial charge in [0.05, 0.1) is 5.41 Å². The third kappa shape index (κ3) is 2.43. The third-order valence-corrected chi connectivity index (χ3v) is 3.13. The number of rotatable bonds is 3. The number of alkyl halides is 3. The van der Waals surface area contributed by atoms with Crippen LogP contribution in [0.15, 0.2) is 24.3 Å². The van der Waals surface area contributed by atoms with Crippen molar-refractivity contribution in [3.05, 3.63) is 29.8 Å². The monoisotopic (exact) mass is 244 g/mol. The largest absolute Gasteiger partial charge is 0.573 e. The Bertz CT molecular complexity index is 405. The second-order valence-corrected chi connectivity index (χ2v) is 4.20. The predicted octanol–water partition coefficient (Wildman–Crippen LogP) is 3.21. The number of carbonyl (C=O) groups is 1. The highest BCUT2D eigenvalue weighted by Gasteiger charge is 2.38. The van der Waals surface area contributed by atoms with E-state index < -0.39 is 11.8 Å². The van der Waals surface area contributed by atoms with Gasteiger partial charge in [0.1, 0.15) is 12.0 Å². The molecule has 2 nitrogen and oxygen atoms in total. The van der Waals surface area contributed by atoms with E-state index in [1.54, 1.807) is 0 Å². The molecule has 1 aromatic carbocycles. The minimum absolute atomic E-state index is 0.262. The lowest BCUT2D eigenvalue weighted by Crippen LogP contribution is -2.35. The summed E-state index contributed by atoms with van der Waals surface area (Å²) in [6.07, 6.45) is -1.30. The van der Waals surface area contributed by atoms with E-state index in [2.05, 4.69) is 4.74 Å². The van der Waals surface area contributed by atoms with Crippen molar-refractivity contribution in [2.24, 2.45) is 0 Å². The topological polar surface area (TPSA) is 26.3 Å². The Labute approximate surface area is 96.4 Å². The van der Waals surface area contributed by atoms with E-state index in [1.165, 1.54) is 24.3 Å². The van der Waals surface area contributed by atoms with E-state index in [9.17, 15) is 18.0 Å².